The summed E-state index contributed by atoms with van der Waals surface area (Å²) >= 11 is 0. The van der Waals surface area contributed by atoms with Gasteiger partial charge in [0.05, 0.1) is 13.6 Å². The van der Waals surface area contributed by atoms with E-state index in [-0.39, 0.29) is 5.75 Å². The van der Waals surface area contributed by atoms with Gasteiger partial charge in [0.1, 0.15) is 5.75 Å². The Morgan fingerprint density at radius 3 is 2.31 bits per heavy atom. The minimum atomic E-state index is -1.38. The Morgan fingerprint density at radius 1 is 1.31 bits per heavy atom. The van der Waals surface area contributed by atoms with Crippen molar-refractivity contribution in [3.05, 3.63) is 23.8 Å². The zero-order valence-corrected chi connectivity index (χ0v) is 9.16. The molecule has 2 nitrogen and oxygen atoms in total. The second-order valence-corrected chi connectivity index (χ2v) is 9.22. The molecule has 1 rings (SSSR count). The van der Waals surface area contributed by atoms with Gasteiger partial charge in [-0.2, -0.15) is 0 Å². The molecule has 70 valence electrons. The van der Waals surface area contributed by atoms with Crippen LogP contribution in [0.25, 0.3) is 0 Å². The van der Waals surface area contributed by atoms with E-state index in [1.807, 2.05) is 6.07 Å². The third-order valence-electron chi connectivity index (χ3n) is 2.02. The Balaban J connectivity index is 3.17. The Hall–Kier alpha value is -1.09. The summed E-state index contributed by atoms with van der Waals surface area (Å²) in [6.07, 6.45) is 0.670. The van der Waals surface area contributed by atoms with Crippen LogP contribution in [0.4, 0.5) is 0 Å². The average Bonchev–Trinajstić information content (AvgIpc) is 2.02. The van der Waals surface area contributed by atoms with Crippen molar-refractivity contribution in [3.63, 3.8) is 0 Å². The molecule has 0 heterocycles. The number of benzene rings is 1. The van der Waals surface area contributed by atoms with Crippen molar-refractivity contribution in [2.24, 2.45) is 0 Å². The molecule has 13 heavy (non-hydrogen) atoms. The molecule has 0 bridgehead atoms. The zero-order chi connectivity index (χ0) is 10.1. The lowest BCUT2D eigenvalue weighted by molar-refractivity contribution is 0.112. The molecule has 0 unspecified atom stereocenters. The first-order valence-electron chi connectivity index (χ1n) is 4.24. The van der Waals surface area contributed by atoms with Gasteiger partial charge in [-0.15, -0.1) is 0 Å². The van der Waals surface area contributed by atoms with Crippen molar-refractivity contribution >= 4 is 19.5 Å². The fourth-order valence-corrected chi connectivity index (χ4v) is 2.26. The quantitative estimate of drug-likeness (QED) is 0.575. The van der Waals surface area contributed by atoms with E-state index in [2.05, 4.69) is 19.6 Å². The van der Waals surface area contributed by atoms with Crippen molar-refractivity contribution in [3.8, 4) is 5.75 Å². The molecule has 0 radical (unpaired) electrons. The minimum Gasteiger partial charge on any atom is -0.507 e. The van der Waals surface area contributed by atoms with Gasteiger partial charge in [-0.1, -0.05) is 30.9 Å². The van der Waals surface area contributed by atoms with Crippen LogP contribution in [0.3, 0.4) is 0 Å². The number of carbonyl (C=O) groups excluding carboxylic acids is 1. The van der Waals surface area contributed by atoms with E-state index < -0.39 is 8.07 Å². The molecule has 1 N–H and O–H groups in total. The summed E-state index contributed by atoms with van der Waals surface area (Å²) in [6, 6.07) is 5.31. The molecule has 0 aliphatic heterocycles. The maximum absolute atomic E-state index is 10.4. The number of rotatable bonds is 2. The van der Waals surface area contributed by atoms with Crippen LogP contribution in [-0.4, -0.2) is 19.5 Å². The molecule has 0 fully saturated rings. The highest BCUT2D eigenvalue weighted by atomic mass is 28.3. The first-order valence-corrected chi connectivity index (χ1v) is 7.74. The fraction of sp³-hybridized carbons (Fsp3) is 0.300. The summed E-state index contributed by atoms with van der Waals surface area (Å²) in [4.78, 5) is 10.4. The SMILES string of the molecule is C[Si](C)(C)c1ccc(C=O)c(O)c1. The lowest BCUT2D eigenvalue weighted by atomic mass is 10.2. The van der Waals surface area contributed by atoms with Gasteiger partial charge in [-0.25, -0.2) is 0 Å². The van der Waals surface area contributed by atoms with E-state index in [1.54, 1.807) is 12.1 Å². The van der Waals surface area contributed by atoms with Gasteiger partial charge < -0.3 is 5.11 Å². The van der Waals surface area contributed by atoms with Crippen molar-refractivity contribution in [2.75, 3.05) is 0 Å². The van der Waals surface area contributed by atoms with Crippen LogP contribution in [0.1, 0.15) is 10.4 Å². The van der Waals surface area contributed by atoms with Gasteiger partial charge in [0.15, 0.2) is 6.29 Å². The Kier molecular flexibility index (Phi) is 2.57. The smallest absolute Gasteiger partial charge is 0.153 e. The molecular formula is C10H14O2Si. The lowest BCUT2D eigenvalue weighted by Gasteiger charge is -2.16. The third kappa shape index (κ3) is 2.18. The van der Waals surface area contributed by atoms with Gasteiger partial charge >= 0.3 is 0 Å². The standard InChI is InChI=1S/C10H14O2Si/c1-13(2,3)9-5-4-8(7-11)10(12)6-9/h4-7,12H,1-3H3. The topological polar surface area (TPSA) is 37.3 Å². The number of hydrogen-bond acceptors (Lipinski definition) is 2. The van der Waals surface area contributed by atoms with Crippen LogP contribution >= 0.6 is 0 Å². The summed E-state index contributed by atoms with van der Waals surface area (Å²) in [5.74, 6) is 0.0925. The van der Waals surface area contributed by atoms with Gasteiger partial charge in [0.2, 0.25) is 0 Å². The number of aromatic hydroxyl groups is 1. The zero-order valence-electron chi connectivity index (χ0n) is 8.16. The number of phenolic OH excluding ortho intramolecular Hbond substituents is 1. The summed E-state index contributed by atoms with van der Waals surface area (Å²) < 4.78 is 0. The predicted octanol–water partition coefficient (Wildman–Crippen LogP) is 1.75. The Bertz CT molecular complexity index is 326. The minimum absolute atomic E-state index is 0.0925. The molecule has 3 heteroatoms. The fourth-order valence-electron chi connectivity index (χ4n) is 1.11. The highest BCUT2D eigenvalue weighted by molar-refractivity contribution is 6.88. The highest BCUT2D eigenvalue weighted by Gasteiger charge is 2.17. The van der Waals surface area contributed by atoms with Gasteiger partial charge in [-0.3, -0.25) is 4.79 Å². The molecule has 0 saturated carbocycles. The summed E-state index contributed by atoms with van der Waals surface area (Å²) in [5.41, 5.74) is 0.363. The van der Waals surface area contributed by atoms with E-state index in [0.717, 1.165) is 5.19 Å². The Morgan fingerprint density at radius 2 is 1.92 bits per heavy atom. The molecule has 0 atom stereocenters. The van der Waals surface area contributed by atoms with Crippen molar-refractivity contribution < 1.29 is 9.90 Å². The van der Waals surface area contributed by atoms with Gasteiger partial charge in [0.25, 0.3) is 0 Å². The van der Waals surface area contributed by atoms with Crippen LogP contribution in [-0.2, 0) is 0 Å². The van der Waals surface area contributed by atoms with E-state index in [4.69, 9.17) is 0 Å². The largest absolute Gasteiger partial charge is 0.507 e. The molecule has 0 aliphatic rings. The van der Waals surface area contributed by atoms with Crippen molar-refractivity contribution in [2.45, 2.75) is 19.6 Å². The van der Waals surface area contributed by atoms with Crippen LogP contribution in [0, 0.1) is 0 Å². The second-order valence-electron chi connectivity index (χ2n) is 4.14. The first kappa shape index (κ1) is 9.99. The van der Waals surface area contributed by atoms with E-state index >= 15 is 0 Å². The van der Waals surface area contributed by atoms with Crippen LogP contribution in [0.15, 0.2) is 18.2 Å². The van der Waals surface area contributed by atoms with Crippen LogP contribution < -0.4 is 5.19 Å². The summed E-state index contributed by atoms with van der Waals surface area (Å²) in [5, 5.41) is 10.6. The van der Waals surface area contributed by atoms with Crippen molar-refractivity contribution in [1.29, 1.82) is 0 Å². The van der Waals surface area contributed by atoms with E-state index in [0.29, 0.717) is 11.8 Å². The summed E-state index contributed by atoms with van der Waals surface area (Å²) in [7, 11) is -1.38. The molecular weight excluding hydrogens is 180 g/mol. The summed E-state index contributed by atoms with van der Waals surface area (Å²) in [6.45, 7) is 6.59. The van der Waals surface area contributed by atoms with Crippen molar-refractivity contribution in [1.82, 2.24) is 0 Å². The van der Waals surface area contributed by atoms with Gasteiger partial charge in [-0.05, 0) is 12.1 Å². The lowest BCUT2D eigenvalue weighted by Crippen LogP contribution is -2.37. The van der Waals surface area contributed by atoms with Crippen LogP contribution in [0.2, 0.25) is 19.6 Å². The second kappa shape index (κ2) is 3.34. The maximum atomic E-state index is 10.4. The van der Waals surface area contributed by atoms with Gasteiger partial charge in [0, 0.05) is 0 Å². The molecule has 0 aromatic heterocycles. The molecule has 0 spiro atoms. The Labute approximate surface area is 79.2 Å². The maximum Gasteiger partial charge on any atom is 0.153 e. The monoisotopic (exact) mass is 194 g/mol. The third-order valence-corrected chi connectivity index (χ3v) is 4.07. The molecule has 0 aliphatic carbocycles. The number of carbonyl (C=O) groups is 1. The molecule has 0 amide bonds. The number of hydrogen-bond donors (Lipinski definition) is 1. The molecule has 1 aromatic carbocycles. The first-order chi connectivity index (χ1) is 5.95. The van der Waals surface area contributed by atoms with E-state index in [1.165, 1.54) is 0 Å². The van der Waals surface area contributed by atoms with E-state index in [9.17, 15) is 9.90 Å². The number of phenols is 1. The van der Waals surface area contributed by atoms with Crippen LogP contribution in [0.5, 0.6) is 5.75 Å². The number of aldehydes is 1. The average molecular weight is 194 g/mol. The molecule has 1 aromatic rings. The molecule has 0 saturated heterocycles. The highest BCUT2D eigenvalue weighted by Crippen LogP contribution is 2.14. The normalized spacial score (nSPS) is 11.3. The predicted molar refractivity (Wildman–Crippen MR) is 56.5 cm³/mol.